The molecule has 1 spiro atoms. The van der Waals surface area contributed by atoms with E-state index in [1.807, 2.05) is 67.8 Å². The number of hydrogen-bond acceptors (Lipinski definition) is 12. The highest BCUT2D eigenvalue weighted by molar-refractivity contribution is 5.98. The standard InChI is InChI=1S/C57H60F5N7O6/c1-32-45(57(60,61)62)40(27-42(46(32)58)66(28-34-13-18-38(71-6)19-14-34)29-35-15-20-39(72-7)21-16-35)48-47(59)49-44-51(65-53(64-49)68-26-25-56(68)24-23-43(56)73-31-36-11-9-8-10-12-36)67-30-37-17-22-41(50(67)33(2)74-52(44)63-48)69(37)54(70)75-55(3,4)5/h8-16,18-21,27,33,37,41,43,50H,17,22-26,28-31H2,1-7H3/t33-,37+,41-,43?,50+,56?/m0/s1. The van der Waals surface area contributed by atoms with Crippen molar-refractivity contribution in [3.63, 3.8) is 0 Å². The normalized spacial score (nSPS) is 22.8. The summed E-state index contributed by atoms with van der Waals surface area (Å²) in [7, 11) is 3.07. The number of amides is 1. The maximum absolute atomic E-state index is 18.4. The number of rotatable bonds is 12. The predicted molar refractivity (Wildman–Crippen MR) is 273 cm³/mol. The lowest BCUT2D eigenvalue weighted by Gasteiger charge is -2.62. The van der Waals surface area contributed by atoms with Gasteiger partial charge in [-0.3, -0.25) is 4.90 Å². The maximum Gasteiger partial charge on any atom is 0.417 e. The third-order valence-electron chi connectivity index (χ3n) is 15.8. The number of carbonyl (C=O) groups excluding carboxylic acids is 1. The molecule has 18 heteroatoms. The summed E-state index contributed by atoms with van der Waals surface area (Å²) < 4.78 is 113. The van der Waals surface area contributed by atoms with E-state index in [1.54, 1.807) is 58.3 Å². The highest BCUT2D eigenvalue weighted by Crippen LogP contribution is 2.53. The number of methoxy groups -OCH3 is 2. The molecular weight excluding hydrogens is 974 g/mol. The van der Waals surface area contributed by atoms with Crippen molar-refractivity contribution in [3.05, 3.63) is 124 Å². The molecule has 1 amide bonds. The number of anilines is 3. The van der Waals surface area contributed by atoms with Gasteiger partial charge in [-0.05, 0) is 119 Å². The molecule has 4 fully saturated rings. The van der Waals surface area contributed by atoms with Crippen LogP contribution in [0.4, 0.5) is 44.2 Å². The fourth-order valence-corrected chi connectivity index (χ4v) is 12.0. The Morgan fingerprint density at radius 3 is 2.08 bits per heavy atom. The minimum Gasteiger partial charge on any atom is -0.497 e. The van der Waals surface area contributed by atoms with Crippen molar-refractivity contribution >= 4 is 34.4 Å². The molecule has 2 bridgehead atoms. The van der Waals surface area contributed by atoms with Gasteiger partial charge >= 0.3 is 12.3 Å². The molecule has 3 saturated heterocycles. The number of fused-ring (bicyclic) bond motifs is 5. The first-order chi connectivity index (χ1) is 35.8. The monoisotopic (exact) mass is 1030 g/mol. The van der Waals surface area contributed by atoms with E-state index in [4.69, 9.17) is 38.6 Å². The highest BCUT2D eigenvalue weighted by atomic mass is 19.4. The number of ether oxygens (including phenoxy) is 5. The molecule has 1 aliphatic carbocycles. The van der Waals surface area contributed by atoms with Crippen LogP contribution in [0.2, 0.25) is 0 Å². The quantitative estimate of drug-likeness (QED) is 0.109. The van der Waals surface area contributed by atoms with Gasteiger partial charge in [0.2, 0.25) is 11.8 Å². The molecule has 4 aromatic carbocycles. The molecule has 2 aromatic heterocycles. The second-order valence-corrected chi connectivity index (χ2v) is 21.4. The number of alkyl halides is 3. The Labute approximate surface area is 432 Å². The van der Waals surface area contributed by atoms with Crippen molar-refractivity contribution in [2.75, 3.05) is 42.0 Å². The molecular formula is C57H60F5N7O6. The first-order valence-electron chi connectivity index (χ1n) is 25.6. The molecule has 5 aliphatic rings. The van der Waals surface area contributed by atoms with E-state index in [1.165, 1.54) is 14.2 Å². The molecule has 2 unspecified atom stereocenters. The minimum atomic E-state index is -5.17. The Morgan fingerprint density at radius 2 is 1.51 bits per heavy atom. The van der Waals surface area contributed by atoms with E-state index in [9.17, 15) is 4.79 Å². The number of pyridine rings is 1. The van der Waals surface area contributed by atoms with Crippen LogP contribution >= 0.6 is 0 Å². The summed E-state index contributed by atoms with van der Waals surface area (Å²) >= 11 is 0. The number of aromatic nitrogens is 3. The minimum absolute atomic E-state index is 0.0456. The van der Waals surface area contributed by atoms with Gasteiger partial charge in [0.15, 0.2) is 5.82 Å². The third kappa shape index (κ3) is 8.95. The van der Waals surface area contributed by atoms with Gasteiger partial charge in [0.05, 0.1) is 61.8 Å². The maximum atomic E-state index is 18.4. The molecule has 75 heavy (non-hydrogen) atoms. The van der Waals surface area contributed by atoms with Crippen molar-refractivity contribution < 1.29 is 50.4 Å². The van der Waals surface area contributed by atoms with Gasteiger partial charge in [0.1, 0.15) is 51.4 Å². The van der Waals surface area contributed by atoms with Crippen molar-refractivity contribution in [1.29, 1.82) is 0 Å². The number of hydrogen-bond donors (Lipinski definition) is 0. The van der Waals surface area contributed by atoms with E-state index in [2.05, 4.69) is 0 Å². The fraction of sp³-hybridized carbons (Fsp3) is 0.439. The van der Waals surface area contributed by atoms with E-state index in [-0.39, 0.29) is 60.2 Å². The van der Waals surface area contributed by atoms with Crippen LogP contribution in [-0.2, 0) is 35.3 Å². The van der Waals surface area contributed by atoms with E-state index >= 15 is 22.0 Å². The first kappa shape index (κ1) is 50.2. The SMILES string of the molecule is COc1ccc(CN(Cc2ccc(OC)cc2)c2cc(-c3nc4c5c(nc(N6CCC67CCC7OCc6ccccc6)nc5c3F)N3C[C@H]5CC[C@@H]([C@H]3[C@H](C)O4)N5C(=O)OC(C)(C)C)c(C(F)(F)F)c(C)c2F)cc1. The first-order valence-corrected chi connectivity index (χ1v) is 25.6. The number of benzene rings is 4. The Bertz CT molecular complexity index is 3090. The zero-order chi connectivity index (χ0) is 52.7. The van der Waals surface area contributed by atoms with Gasteiger partial charge in [-0.1, -0.05) is 54.6 Å². The average Bonchev–Trinajstić information content (AvgIpc) is 3.61. The average molecular weight is 1030 g/mol. The molecule has 0 N–H and O–H groups in total. The largest absolute Gasteiger partial charge is 0.497 e. The lowest BCUT2D eigenvalue weighted by Crippen LogP contribution is -2.72. The molecule has 6 heterocycles. The summed E-state index contributed by atoms with van der Waals surface area (Å²) in [6, 6.07) is 23.7. The van der Waals surface area contributed by atoms with E-state index in [0.29, 0.717) is 54.4 Å². The lowest BCUT2D eigenvalue weighted by molar-refractivity contribution is -0.137. The number of halogens is 5. The van der Waals surface area contributed by atoms with Crippen LogP contribution in [0, 0.1) is 18.6 Å². The second-order valence-electron chi connectivity index (χ2n) is 21.4. The molecule has 394 valence electrons. The van der Waals surface area contributed by atoms with E-state index in [0.717, 1.165) is 37.8 Å². The zero-order valence-corrected chi connectivity index (χ0v) is 43.0. The van der Waals surface area contributed by atoms with Crippen molar-refractivity contribution in [3.8, 4) is 28.6 Å². The molecule has 6 atom stereocenters. The Morgan fingerprint density at radius 1 is 0.840 bits per heavy atom. The van der Waals surface area contributed by atoms with Crippen LogP contribution in [0.1, 0.15) is 87.6 Å². The van der Waals surface area contributed by atoms with Crippen LogP contribution in [-0.4, -0.2) is 94.7 Å². The van der Waals surface area contributed by atoms with Crippen molar-refractivity contribution in [2.24, 2.45) is 0 Å². The van der Waals surface area contributed by atoms with Gasteiger partial charge in [-0.25, -0.2) is 23.5 Å². The van der Waals surface area contributed by atoms with Gasteiger partial charge in [0, 0.05) is 31.7 Å². The summed E-state index contributed by atoms with van der Waals surface area (Å²) in [6.07, 6.45) is -3.03. The molecule has 0 radical (unpaired) electrons. The topological polar surface area (TPSA) is 115 Å². The predicted octanol–water partition coefficient (Wildman–Crippen LogP) is 11.6. The van der Waals surface area contributed by atoms with Crippen molar-refractivity contribution in [2.45, 2.75) is 134 Å². The Kier molecular flexibility index (Phi) is 12.7. The highest BCUT2D eigenvalue weighted by Gasteiger charge is 2.59. The van der Waals surface area contributed by atoms with Crippen LogP contribution in [0.3, 0.4) is 0 Å². The fourth-order valence-electron chi connectivity index (χ4n) is 12.0. The molecule has 4 aliphatic heterocycles. The smallest absolute Gasteiger partial charge is 0.417 e. The van der Waals surface area contributed by atoms with Crippen molar-refractivity contribution in [1.82, 2.24) is 19.9 Å². The number of carbonyl (C=O) groups is 1. The van der Waals surface area contributed by atoms with Crippen LogP contribution in [0.25, 0.3) is 22.2 Å². The summed E-state index contributed by atoms with van der Waals surface area (Å²) in [5.41, 5.74) is -2.88. The van der Waals surface area contributed by atoms with E-state index < -0.39 is 75.6 Å². The second kappa shape index (κ2) is 19.0. The molecule has 13 nitrogen and oxygen atoms in total. The van der Waals surface area contributed by atoms with Gasteiger partial charge in [-0.2, -0.15) is 18.2 Å². The lowest BCUT2D eigenvalue weighted by atomic mass is 9.65. The van der Waals surface area contributed by atoms with Crippen LogP contribution in [0.5, 0.6) is 17.4 Å². The molecule has 1 saturated carbocycles. The Hall–Kier alpha value is -6.95. The molecule has 6 aromatic rings. The summed E-state index contributed by atoms with van der Waals surface area (Å²) in [4.78, 5) is 36.4. The van der Waals surface area contributed by atoms with Gasteiger partial charge in [0.25, 0.3) is 0 Å². The summed E-state index contributed by atoms with van der Waals surface area (Å²) in [5, 5.41) is 0.0905. The number of piperazine rings is 1. The van der Waals surface area contributed by atoms with Gasteiger partial charge in [-0.15, -0.1) is 0 Å². The third-order valence-corrected chi connectivity index (χ3v) is 15.8. The summed E-state index contributed by atoms with van der Waals surface area (Å²) in [5.74, 6) is -0.798. The van der Waals surface area contributed by atoms with Crippen LogP contribution in [0.15, 0.2) is 84.9 Å². The van der Waals surface area contributed by atoms with Gasteiger partial charge < -0.3 is 38.4 Å². The zero-order valence-electron chi connectivity index (χ0n) is 43.0. The molecule has 11 rings (SSSR count). The van der Waals surface area contributed by atoms with Crippen LogP contribution < -0.4 is 28.9 Å². The summed E-state index contributed by atoms with van der Waals surface area (Å²) in [6.45, 7) is 9.58. The Balaban J connectivity index is 1.08. The number of nitrogens with zero attached hydrogens (tertiary/aromatic N) is 7.